The smallest absolute Gasteiger partial charge is 0.108 e. The fourth-order valence-corrected chi connectivity index (χ4v) is 2.68. The number of hydrogen-bond donors (Lipinski definition) is 1. The lowest BCUT2D eigenvalue weighted by molar-refractivity contribution is 0.0684. The zero-order valence-corrected chi connectivity index (χ0v) is 12.8. The van der Waals surface area contributed by atoms with Crippen molar-refractivity contribution >= 4 is 0 Å². The molecule has 0 amide bonds. The summed E-state index contributed by atoms with van der Waals surface area (Å²) in [5, 5.41) is 3.39. The van der Waals surface area contributed by atoms with E-state index in [9.17, 15) is 0 Å². The van der Waals surface area contributed by atoms with E-state index in [0.29, 0.717) is 13.2 Å². The van der Waals surface area contributed by atoms with Gasteiger partial charge in [-0.05, 0) is 12.8 Å². The maximum absolute atomic E-state index is 5.50. The largest absolute Gasteiger partial charge is 0.382 e. The summed E-state index contributed by atoms with van der Waals surface area (Å²) in [6.45, 7) is 7.45. The van der Waals surface area contributed by atoms with E-state index >= 15 is 0 Å². The first-order chi connectivity index (χ1) is 9.86. The topological polar surface area (TPSA) is 48.3 Å². The lowest BCUT2D eigenvalue weighted by Gasteiger charge is -2.16. The molecule has 0 radical (unpaired) electrons. The Morgan fingerprint density at radius 1 is 1.25 bits per heavy atom. The van der Waals surface area contributed by atoms with Crippen LogP contribution in [0.25, 0.3) is 0 Å². The van der Waals surface area contributed by atoms with Crippen molar-refractivity contribution in [3.05, 3.63) is 17.2 Å². The second-order valence-electron chi connectivity index (χ2n) is 5.17. The lowest BCUT2D eigenvalue weighted by Crippen LogP contribution is -2.25. The SMILES string of the molecule is CCc1nc2c(n1CCCCOCCOC)CCNC2. The molecule has 0 bridgehead atoms. The molecule has 0 saturated heterocycles. The van der Waals surface area contributed by atoms with Gasteiger partial charge in [-0.2, -0.15) is 0 Å². The third kappa shape index (κ3) is 4.04. The number of unbranched alkanes of at least 4 members (excludes halogenated alkanes) is 1. The van der Waals surface area contributed by atoms with Crippen LogP contribution in [0.3, 0.4) is 0 Å². The van der Waals surface area contributed by atoms with Crippen LogP contribution in [0.5, 0.6) is 0 Å². The monoisotopic (exact) mass is 281 g/mol. The molecule has 114 valence electrons. The highest BCUT2D eigenvalue weighted by Crippen LogP contribution is 2.17. The molecule has 0 spiro atoms. The molecule has 0 saturated carbocycles. The highest BCUT2D eigenvalue weighted by Gasteiger charge is 2.18. The number of aryl methyl sites for hydroxylation is 1. The van der Waals surface area contributed by atoms with E-state index in [4.69, 9.17) is 14.5 Å². The van der Waals surface area contributed by atoms with Gasteiger partial charge >= 0.3 is 0 Å². The normalized spacial score (nSPS) is 14.5. The number of imidazole rings is 1. The maximum atomic E-state index is 5.50. The van der Waals surface area contributed by atoms with Crippen molar-refractivity contribution in [1.29, 1.82) is 0 Å². The van der Waals surface area contributed by atoms with Gasteiger partial charge in [0.05, 0.1) is 18.9 Å². The molecule has 0 aliphatic carbocycles. The first-order valence-corrected chi connectivity index (χ1v) is 7.71. The van der Waals surface area contributed by atoms with E-state index in [1.165, 1.54) is 17.2 Å². The van der Waals surface area contributed by atoms with Gasteiger partial charge in [-0.1, -0.05) is 6.92 Å². The molecule has 2 heterocycles. The Kier molecular flexibility index (Phi) is 6.50. The lowest BCUT2D eigenvalue weighted by atomic mass is 10.2. The van der Waals surface area contributed by atoms with Crippen LogP contribution in [0.15, 0.2) is 0 Å². The van der Waals surface area contributed by atoms with Crippen LogP contribution in [-0.4, -0.2) is 43.0 Å². The Hall–Kier alpha value is -0.910. The summed E-state index contributed by atoms with van der Waals surface area (Å²) in [6, 6.07) is 0. The van der Waals surface area contributed by atoms with Crippen LogP contribution in [0.2, 0.25) is 0 Å². The first kappa shape index (κ1) is 15.5. The zero-order valence-electron chi connectivity index (χ0n) is 12.8. The highest BCUT2D eigenvalue weighted by molar-refractivity contribution is 5.20. The van der Waals surface area contributed by atoms with Crippen molar-refractivity contribution in [3.63, 3.8) is 0 Å². The van der Waals surface area contributed by atoms with Crippen LogP contribution < -0.4 is 5.32 Å². The molecule has 0 fully saturated rings. The number of aromatic nitrogens is 2. The summed E-state index contributed by atoms with van der Waals surface area (Å²) in [5.74, 6) is 1.24. The van der Waals surface area contributed by atoms with Gasteiger partial charge in [0.2, 0.25) is 0 Å². The average molecular weight is 281 g/mol. The van der Waals surface area contributed by atoms with Crippen LogP contribution in [0.4, 0.5) is 0 Å². The Balaban J connectivity index is 1.78. The second kappa shape index (κ2) is 8.39. The van der Waals surface area contributed by atoms with Gasteiger partial charge in [0.15, 0.2) is 0 Å². The first-order valence-electron chi connectivity index (χ1n) is 7.71. The number of hydrogen-bond acceptors (Lipinski definition) is 4. The number of nitrogens with one attached hydrogen (secondary N) is 1. The highest BCUT2D eigenvalue weighted by atomic mass is 16.5. The third-order valence-corrected chi connectivity index (χ3v) is 3.73. The molecule has 1 aliphatic heterocycles. The van der Waals surface area contributed by atoms with Gasteiger partial charge in [-0.3, -0.25) is 0 Å². The molecule has 0 atom stereocenters. The average Bonchev–Trinajstić information content (AvgIpc) is 2.84. The Bertz CT molecular complexity index is 404. The molecular weight excluding hydrogens is 254 g/mol. The predicted octanol–water partition coefficient (Wildman–Crippen LogP) is 1.53. The van der Waals surface area contributed by atoms with Crippen LogP contribution in [0, 0.1) is 0 Å². The Morgan fingerprint density at radius 2 is 2.15 bits per heavy atom. The van der Waals surface area contributed by atoms with E-state index in [2.05, 4.69) is 16.8 Å². The van der Waals surface area contributed by atoms with Gasteiger partial charge in [0, 0.05) is 51.9 Å². The minimum Gasteiger partial charge on any atom is -0.382 e. The van der Waals surface area contributed by atoms with Crippen LogP contribution in [0.1, 0.15) is 37.0 Å². The number of fused-ring (bicyclic) bond motifs is 1. The van der Waals surface area contributed by atoms with Crippen molar-refractivity contribution in [3.8, 4) is 0 Å². The van der Waals surface area contributed by atoms with Crippen molar-refractivity contribution in [2.24, 2.45) is 0 Å². The van der Waals surface area contributed by atoms with Gasteiger partial charge in [0.25, 0.3) is 0 Å². The van der Waals surface area contributed by atoms with E-state index in [0.717, 1.165) is 51.9 Å². The molecule has 1 aromatic rings. The zero-order chi connectivity index (χ0) is 14.2. The molecule has 5 nitrogen and oxygen atoms in total. The number of nitrogens with zero attached hydrogens (tertiary/aromatic N) is 2. The minimum absolute atomic E-state index is 0.683. The molecule has 20 heavy (non-hydrogen) atoms. The summed E-state index contributed by atoms with van der Waals surface area (Å²) < 4.78 is 12.9. The number of methoxy groups -OCH3 is 1. The van der Waals surface area contributed by atoms with E-state index in [-0.39, 0.29) is 0 Å². The van der Waals surface area contributed by atoms with Crippen molar-refractivity contribution < 1.29 is 9.47 Å². The van der Waals surface area contributed by atoms with E-state index in [1.807, 2.05) is 0 Å². The fraction of sp³-hybridized carbons (Fsp3) is 0.800. The van der Waals surface area contributed by atoms with Crippen molar-refractivity contribution in [2.75, 3.05) is 33.5 Å². The Labute approximate surface area is 121 Å². The van der Waals surface area contributed by atoms with E-state index < -0.39 is 0 Å². The summed E-state index contributed by atoms with van der Waals surface area (Å²) in [6.07, 6.45) is 4.36. The quantitative estimate of drug-likeness (QED) is 0.698. The number of ether oxygens (including phenoxy) is 2. The summed E-state index contributed by atoms with van der Waals surface area (Å²) in [4.78, 5) is 4.76. The standard InChI is InChI=1S/C15H27N3O2/c1-3-15-17-13-12-16-7-6-14(13)18(15)8-4-5-9-20-11-10-19-2/h16H,3-12H2,1-2H3. The Morgan fingerprint density at radius 3 is 2.95 bits per heavy atom. The minimum atomic E-state index is 0.683. The fourth-order valence-electron chi connectivity index (χ4n) is 2.68. The number of rotatable bonds is 9. The van der Waals surface area contributed by atoms with Gasteiger partial charge < -0.3 is 19.4 Å². The molecule has 0 aromatic carbocycles. The molecule has 2 rings (SSSR count). The summed E-state index contributed by atoms with van der Waals surface area (Å²) in [7, 11) is 1.70. The van der Waals surface area contributed by atoms with E-state index in [1.54, 1.807) is 7.11 Å². The molecule has 1 N–H and O–H groups in total. The second-order valence-corrected chi connectivity index (χ2v) is 5.17. The van der Waals surface area contributed by atoms with Crippen LogP contribution in [-0.2, 0) is 35.4 Å². The van der Waals surface area contributed by atoms with Gasteiger partial charge in [-0.25, -0.2) is 4.98 Å². The van der Waals surface area contributed by atoms with Crippen LogP contribution >= 0.6 is 0 Å². The predicted molar refractivity (Wildman–Crippen MR) is 78.9 cm³/mol. The summed E-state index contributed by atoms with van der Waals surface area (Å²) >= 11 is 0. The molecule has 5 heteroatoms. The van der Waals surface area contributed by atoms with Crippen molar-refractivity contribution in [2.45, 2.75) is 45.7 Å². The summed E-state index contributed by atoms with van der Waals surface area (Å²) in [5.41, 5.74) is 2.70. The van der Waals surface area contributed by atoms with Crippen molar-refractivity contribution in [1.82, 2.24) is 14.9 Å². The molecular formula is C15H27N3O2. The molecule has 0 unspecified atom stereocenters. The third-order valence-electron chi connectivity index (χ3n) is 3.73. The van der Waals surface area contributed by atoms with Gasteiger partial charge in [0.1, 0.15) is 5.82 Å². The molecule has 1 aromatic heterocycles. The molecule has 1 aliphatic rings. The maximum Gasteiger partial charge on any atom is 0.108 e. The van der Waals surface area contributed by atoms with Gasteiger partial charge in [-0.15, -0.1) is 0 Å².